The maximum atomic E-state index is 6.74. The minimum absolute atomic E-state index is 0.252. The van der Waals surface area contributed by atoms with Crippen LogP contribution in [0.25, 0.3) is 63.0 Å². The molecule has 254 valence electrons. The van der Waals surface area contributed by atoms with Crippen LogP contribution in [0.3, 0.4) is 0 Å². The van der Waals surface area contributed by atoms with Crippen molar-refractivity contribution in [2.75, 3.05) is 7.05 Å². The number of hydrogen-bond acceptors (Lipinski definition) is 6. The van der Waals surface area contributed by atoms with Crippen molar-refractivity contribution in [1.82, 2.24) is 4.90 Å². The Bertz CT molecular complexity index is 3030. The highest BCUT2D eigenvalue weighted by Gasteiger charge is 2.30. The maximum absolute atomic E-state index is 6.74. The fourth-order valence-corrected chi connectivity index (χ4v) is 10.9. The van der Waals surface area contributed by atoms with Crippen molar-refractivity contribution in [2.45, 2.75) is 19.5 Å². The normalized spacial score (nSPS) is 17.5. The monoisotopic (exact) mass is 719 g/mol. The second-order valence-electron chi connectivity index (χ2n) is 14.2. The van der Waals surface area contributed by atoms with E-state index in [1.54, 1.807) is 0 Å². The van der Waals surface area contributed by atoms with Gasteiger partial charge >= 0.3 is 0 Å². The highest BCUT2D eigenvalue weighted by atomic mass is 32.1. The maximum Gasteiger partial charge on any atom is 0.159 e. The third-order valence-corrected chi connectivity index (χ3v) is 13.5. The Morgan fingerprint density at radius 3 is 2.13 bits per heavy atom. The number of benzene rings is 6. The summed E-state index contributed by atoms with van der Waals surface area (Å²) in [5, 5.41) is 6.37. The molecule has 0 fully saturated rings. The molecule has 11 rings (SSSR count). The minimum Gasteiger partial charge on any atom is -0.456 e. The standard InChI is InChI=1S/C47H33N3OS2/c1-27-24-38-30-23-22-29(25-39(30)51-40(38)26-37(27)35-18-10-16-33-31-14-6-8-20-41(31)52-43(33)35)45-48-46(28-12-4-3-5-13-28)50(2)47(49-45)36-19-11-17-34-32-15-7-9-21-42(32)53-44(34)36/h3-23,25-27,47H,24H2,1-2H3. The first kappa shape index (κ1) is 30.8. The Balaban J connectivity index is 1.04. The van der Waals surface area contributed by atoms with Gasteiger partial charge in [0.05, 0.1) is 0 Å². The Kier molecular flexibility index (Phi) is 6.88. The molecule has 0 spiro atoms. The van der Waals surface area contributed by atoms with Crippen LogP contribution in [-0.4, -0.2) is 23.6 Å². The summed E-state index contributed by atoms with van der Waals surface area (Å²) in [5.41, 5.74) is 7.99. The highest BCUT2D eigenvalue weighted by molar-refractivity contribution is 7.26. The van der Waals surface area contributed by atoms with E-state index in [0.29, 0.717) is 11.8 Å². The second-order valence-corrected chi connectivity index (χ2v) is 16.3. The van der Waals surface area contributed by atoms with Gasteiger partial charge in [-0.25, -0.2) is 9.98 Å². The number of nitrogens with zero attached hydrogens (tertiary/aromatic N) is 3. The smallest absolute Gasteiger partial charge is 0.159 e. The van der Waals surface area contributed by atoms with Gasteiger partial charge in [0.15, 0.2) is 12.0 Å². The largest absolute Gasteiger partial charge is 0.456 e. The zero-order valence-electron chi connectivity index (χ0n) is 29.2. The van der Waals surface area contributed by atoms with Crippen LogP contribution < -0.4 is 0 Å². The topological polar surface area (TPSA) is 41.1 Å². The van der Waals surface area contributed by atoms with Crippen molar-refractivity contribution in [3.8, 4) is 0 Å². The summed E-state index contributed by atoms with van der Waals surface area (Å²) in [6.07, 6.45) is 2.97. The van der Waals surface area contributed by atoms with E-state index in [1.165, 1.54) is 68.0 Å². The van der Waals surface area contributed by atoms with E-state index in [1.807, 2.05) is 28.7 Å². The number of allylic oxidation sites excluding steroid dienone is 1. The SMILES string of the molecule is CC1Cc2c(oc3cc(C4=NC(c5cccc6c5sc5ccccc56)N(C)C(c5ccccc5)=N4)ccc23)C=C1c1cccc2c1sc1ccccc12. The van der Waals surface area contributed by atoms with Gasteiger partial charge < -0.3 is 9.32 Å². The van der Waals surface area contributed by atoms with Gasteiger partial charge in [0.2, 0.25) is 0 Å². The van der Waals surface area contributed by atoms with Crippen LogP contribution in [0.2, 0.25) is 0 Å². The van der Waals surface area contributed by atoms with Crippen LogP contribution in [0.5, 0.6) is 0 Å². The predicted octanol–water partition coefficient (Wildman–Crippen LogP) is 12.7. The Hall–Kier alpha value is -5.82. The summed E-state index contributed by atoms with van der Waals surface area (Å²) in [4.78, 5) is 12.9. The summed E-state index contributed by atoms with van der Waals surface area (Å²) >= 11 is 3.73. The van der Waals surface area contributed by atoms with E-state index in [4.69, 9.17) is 14.4 Å². The Morgan fingerprint density at radius 2 is 1.34 bits per heavy atom. The average Bonchev–Trinajstić information content (AvgIpc) is 3.89. The molecule has 1 aliphatic heterocycles. The fourth-order valence-electron chi connectivity index (χ4n) is 8.42. The van der Waals surface area contributed by atoms with Crippen LogP contribution >= 0.6 is 22.7 Å². The number of thiophene rings is 2. The molecule has 53 heavy (non-hydrogen) atoms. The van der Waals surface area contributed by atoms with E-state index in [2.05, 4.69) is 152 Å². The molecule has 2 unspecified atom stereocenters. The summed E-state index contributed by atoms with van der Waals surface area (Å²) < 4.78 is 12.0. The molecule has 4 heterocycles. The van der Waals surface area contributed by atoms with Crippen LogP contribution in [0, 0.1) is 5.92 Å². The van der Waals surface area contributed by atoms with Gasteiger partial charge in [-0.2, -0.15) is 0 Å². The quantitative estimate of drug-likeness (QED) is 0.182. The first-order chi connectivity index (χ1) is 26.1. The number of rotatable bonds is 4. The molecule has 9 aromatic rings. The van der Waals surface area contributed by atoms with Crippen molar-refractivity contribution >= 4 is 97.3 Å². The van der Waals surface area contributed by atoms with Gasteiger partial charge in [0.25, 0.3) is 0 Å². The van der Waals surface area contributed by atoms with E-state index in [9.17, 15) is 0 Å². The Morgan fingerprint density at radius 1 is 0.660 bits per heavy atom. The lowest BCUT2D eigenvalue weighted by molar-refractivity contribution is 0.385. The van der Waals surface area contributed by atoms with Crippen molar-refractivity contribution in [1.29, 1.82) is 0 Å². The number of amidine groups is 2. The van der Waals surface area contributed by atoms with E-state index < -0.39 is 0 Å². The fraction of sp³-hybridized carbons (Fsp3) is 0.106. The molecule has 0 saturated carbocycles. The molecule has 0 saturated heterocycles. The molecule has 0 amide bonds. The first-order valence-corrected chi connectivity index (χ1v) is 19.8. The van der Waals surface area contributed by atoms with Crippen molar-refractivity contribution in [2.24, 2.45) is 15.9 Å². The van der Waals surface area contributed by atoms with Gasteiger partial charge in [0, 0.05) is 75.0 Å². The van der Waals surface area contributed by atoms with Gasteiger partial charge in [-0.05, 0) is 47.8 Å². The molecule has 0 N–H and O–H groups in total. The number of fused-ring (bicyclic) bond motifs is 9. The molecule has 0 bridgehead atoms. The zero-order valence-corrected chi connectivity index (χ0v) is 30.8. The van der Waals surface area contributed by atoms with E-state index >= 15 is 0 Å². The third-order valence-electron chi connectivity index (χ3n) is 11.0. The molecule has 4 nitrogen and oxygen atoms in total. The minimum atomic E-state index is -0.252. The second kappa shape index (κ2) is 11.9. The lowest BCUT2D eigenvalue weighted by Gasteiger charge is -2.32. The number of hydrogen-bond donors (Lipinski definition) is 0. The van der Waals surface area contributed by atoms with Crippen molar-refractivity contribution < 1.29 is 4.42 Å². The van der Waals surface area contributed by atoms with E-state index in [0.717, 1.165) is 34.7 Å². The molecule has 2 atom stereocenters. The lowest BCUT2D eigenvalue weighted by atomic mass is 9.83. The summed E-state index contributed by atoms with van der Waals surface area (Å²) in [6.45, 7) is 2.35. The van der Waals surface area contributed by atoms with Gasteiger partial charge in [-0.1, -0.05) is 122 Å². The molecule has 6 heteroatoms. The van der Waals surface area contributed by atoms with Crippen LogP contribution in [0.1, 0.15) is 46.7 Å². The number of furan rings is 1. The van der Waals surface area contributed by atoms with Crippen molar-refractivity contribution in [3.63, 3.8) is 0 Å². The number of aliphatic imine (C=N–C) groups is 2. The van der Waals surface area contributed by atoms with Gasteiger partial charge in [0.1, 0.15) is 17.2 Å². The van der Waals surface area contributed by atoms with Crippen LogP contribution in [-0.2, 0) is 6.42 Å². The summed E-state index contributed by atoms with van der Waals surface area (Å²) in [7, 11) is 2.11. The van der Waals surface area contributed by atoms with Gasteiger partial charge in [-0.15, -0.1) is 22.7 Å². The lowest BCUT2D eigenvalue weighted by Crippen LogP contribution is -2.35. The molecular formula is C47H33N3OS2. The van der Waals surface area contributed by atoms with Crippen LogP contribution in [0.4, 0.5) is 0 Å². The van der Waals surface area contributed by atoms with E-state index in [-0.39, 0.29) is 6.17 Å². The molecule has 1 aliphatic carbocycles. The first-order valence-electron chi connectivity index (χ1n) is 18.1. The highest BCUT2D eigenvalue weighted by Crippen LogP contribution is 2.45. The predicted molar refractivity (Wildman–Crippen MR) is 226 cm³/mol. The molecular weight excluding hydrogens is 687 g/mol. The summed E-state index contributed by atoms with van der Waals surface area (Å²) in [6, 6.07) is 47.7. The molecule has 3 aromatic heterocycles. The van der Waals surface area contributed by atoms with Crippen molar-refractivity contribution in [3.05, 3.63) is 167 Å². The van der Waals surface area contributed by atoms with Gasteiger partial charge in [-0.3, -0.25) is 0 Å². The third kappa shape index (κ3) is 4.79. The van der Waals surface area contributed by atoms with Crippen LogP contribution in [0.15, 0.2) is 148 Å². The average molecular weight is 720 g/mol. The molecule has 6 aromatic carbocycles. The molecule has 0 radical (unpaired) electrons. The molecule has 2 aliphatic rings. The summed E-state index contributed by atoms with van der Waals surface area (Å²) in [5.74, 6) is 2.92. The Labute approximate surface area is 314 Å². The zero-order chi connectivity index (χ0) is 35.2.